The smallest absolute Gasteiger partial charge is 0.249 e. The monoisotopic (exact) mass is 263 g/mol. The summed E-state index contributed by atoms with van der Waals surface area (Å²) in [6, 6.07) is 3.97. The molecule has 1 aromatic rings. The van der Waals surface area contributed by atoms with Gasteiger partial charge < -0.3 is 15.0 Å². The van der Waals surface area contributed by atoms with E-state index in [1.165, 1.54) is 0 Å². The predicted molar refractivity (Wildman–Crippen MR) is 72.7 cm³/mol. The summed E-state index contributed by atoms with van der Waals surface area (Å²) in [5.74, 6) is 0.0591. The molecule has 1 aliphatic heterocycles. The van der Waals surface area contributed by atoms with Crippen LogP contribution in [0.3, 0.4) is 0 Å². The van der Waals surface area contributed by atoms with E-state index in [1.54, 1.807) is 6.20 Å². The van der Waals surface area contributed by atoms with Gasteiger partial charge in [0.15, 0.2) is 0 Å². The molecule has 0 radical (unpaired) electrons. The summed E-state index contributed by atoms with van der Waals surface area (Å²) in [6.07, 6.45) is 4.50. The summed E-state index contributed by atoms with van der Waals surface area (Å²) in [7, 11) is 0. The molecule has 1 amide bonds. The van der Waals surface area contributed by atoms with Crippen LogP contribution >= 0.6 is 0 Å². The number of aromatic nitrogens is 1. The van der Waals surface area contributed by atoms with E-state index in [0.29, 0.717) is 13.2 Å². The lowest BCUT2D eigenvalue weighted by Gasteiger charge is -2.36. The molecule has 1 atom stereocenters. The van der Waals surface area contributed by atoms with E-state index in [2.05, 4.69) is 10.3 Å². The van der Waals surface area contributed by atoms with Crippen LogP contribution in [-0.2, 0) is 9.53 Å². The molecular formula is C14H21N3O2. The number of hydrogen-bond donors (Lipinski definition) is 1. The first-order valence-electron chi connectivity index (χ1n) is 6.80. The van der Waals surface area contributed by atoms with Crippen molar-refractivity contribution in [2.24, 2.45) is 0 Å². The second-order valence-corrected chi connectivity index (χ2v) is 4.65. The van der Waals surface area contributed by atoms with E-state index in [0.717, 1.165) is 25.1 Å². The molecule has 1 saturated heterocycles. The summed E-state index contributed by atoms with van der Waals surface area (Å²) in [6.45, 7) is 5.16. The Labute approximate surface area is 114 Å². The third-order valence-electron chi connectivity index (χ3n) is 3.21. The minimum absolute atomic E-state index is 0.0557. The third-order valence-corrected chi connectivity index (χ3v) is 3.21. The Kier molecular flexibility index (Phi) is 5.30. The molecule has 0 saturated carbocycles. The molecule has 1 aromatic heterocycles. The van der Waals surface area contributed by atoms with Gasteiger partial charge >= 0.3 is 0 Å². The molecule has 1 aliphatic rings. The van der Waals surface area contributed by atoms with Gasteiger partial charge in [-0.05, 0) is 18.1 Å². The van der Waals surface area contributed by atoms with Crippen LogP contribution in [0.25, 0.3) is 0 Å². The maximum Gasteiger partial charge on any atom is 0.249 e. The van der Waals surface area contributed by atoms with Gasteiger partial charge in [0.2, 0.25) is 5.91 Å². The lowest BCUT2D eigenvalue weighted by atomic mass is 10.1. The first-order chi connectivity index (χ1) is 9.33. The average molecular weight is 263 g/mol. The number of nitrogens with one attached hydrogen (secondary N) is 1. The highest BCUT2D eigenvalue weighted by molar-refractivity contribution is 5.78. The van der Waals surface area contributed by atoms with Gasteiger partial charge in [-0.3, -0.25) is 9.78 Å². The van der Waals surface area contributed by atoms with Crippen LogP contribution < -0.4 is 5.32 Å². The number of amides is 1. The maximum atomic E-state index is 12.2. The number of carbonyl (C=O) groups is 1. The fraction of sp³-hybridized carbons (Fsp3) is 0.571. The van der Waals surface area contributed by atoms with Gasteiger partial charge in [-0.15, -0.1) is 0 Å². The number of pyridine rings is 1. The number of rotatable bonds is 5. The number of hydrogen-bond acceptors (Lipinski definition) is 4. The number of ether oxygens (including phenoxy) is 1. The first kappa shape index (κ1) is 14.0. The Morgan fingerprint density at radius 3 is 3.26 bits per heavy atom. The topological polar surface area (TPSA) is 54.5 Å². The van der Waals surface area contributed by atoms with E-state index in [1.807, 2.05) is 30.2 Å². The number of nitrogens with zero attached hydrogens (tertiary/aromatic N) is 2. The Hall–Kier alpha value is -1.46. The minimum Gasteiger partial charge on any atom is -0.372 e. The fourth-order valence-corrected chi connectivity index (χ4v) is 2.26. The molecule has 1 fully saturated rings. The molecule has 2 rings (SSSR count). The lowest BCUT2D eigenvalue weighted by Crippen LogP contribution is -2.49. The lowest BCUT2D eigenvalue weighted by molar-refractivity contribution is -0.139. The molecular weight excluding hydrogens is 242 g/mol. The minimum atomic E-state index is 0.0557. The second kappa shape index (κ2) is 7.21. The molecule has 5 nitrogen and oxygen atoms in total. The van der Waals surface area contributed by atoms with Gasteiger partial charge in [-0.1, -0.05) is 13.0 Å². The van der Waals surface area contributed by atoms with E-state index in [4.69, 9.17) is 4.74 Å². The first-order valence-corrected chi connectivity index (χ1v) is 6.80. The molecule has 0 bridgehead atoms. The molecule has 0 aromatic carbocycles. The summed E-state index contributed by atoms with van der Waals surface area (Å²) in [5, 5.41) is 3.32. The van der Waals surface area contributed by atoms with Crippen molar-refractivity contribution in [2.45, 2.75) is 19.4 Å². The second-order valence-electron chi connectivity index (χ2n) is 4.65. The van der Waals surface area contributed by atoms with Gasteiger partial charge in [0.05, 0.1) is 6.04 Å². The molecule has 1 N–H and O–H groups in total. The highest BCUT2D eigenvalue weighted by atomic mass is 16.5. The van der Waals surface area contributed by atoms with Crippen molar-refractivity contribution in [1.82, 2.24) is 15.2 Å². The summed E-state index contributed by atoms with van der Waals surface area (Å²) in [5.41, 5.74) is 1.07. The molecule has 104 valence electrons. The van der Waals surface area contributed by atoms with Crippen molar-refractivity contribution < 1.29 is 9.53 Å². The molecule has 1 unspecified atom stereocenters. The van der Waals surface area contributed by atoms with Crippen molar-refractivity contribution in [1.29, 1.82) is 0 Å². The van der Waals surface area contributed by atoms with Gasteiger partial charge in [0.25, 0.3) is 0 Å². The van der Waals surface area contributed by atoms with Crippen LogP contribution in [0.2, 0.25) is 0 Å². The Morgan fingerprint density at radius 1 is 1.63 bits per heavy atom. The number of piperazine rings is 1. The van der Waals surface area contributed by atoms with Crippen LogP contribution in [0.4, 0.5) is 0 Å². The molecule has 0 spiro atoms. The van der Waals surface area contributed by atoms with Crippen molar-refractivity contribution in [3.05, 3.63) is 30.1 Å². The van der Waals surface area contributed by atoms with Crippen LogP contribution in [0.15, 0.2) is 24.5 Å². The SMILES string of the molecule is CCCOCC(=O)N1CCNCC1c1cccnc1. The predicted octanol–water partition coefficient (Wildman–Crippen LogP) is 0.981. The van der Waals surface area contributed by atoms with Crippen molar-refractivity contribution in [2.75, 3.05) is 32.8 Å². The summed E-state index contributed by atoms with van der Waals surface area (Å²) in [4.78, 5) is 18.2. The molecule has 2 heterocycles. The third kappa shape index (κ3) is 3.75. The van der Waals surface area contributed by atoms with Crippen LogP contribution in [0.5, 0.6) is 0 Å². The van der Waals surface area contributed by atoms with E-state index in [-0.39, 0.29) is 18.6 Å². The summed E-state index contributed by atoms with van der Waals surface area (Å²) >= 11 is 0. The van der Waals surface area contributed by atoms with Crippen molar-refractivity contribution in [3.63, 3.8) is 0 Å². The normalized spacial score (nSPS) is 19.4. The fourth-order valence-electron chi connectivity index (χ4n) is 2.26. The largest absolute Gasteiger partial charge is 0.372 e. The van der Waals surface area contributed by atoms with Crippen molar-refractivity contribution >= 4 is 5.91 Å². The van der Waals surface area contributed by atoms with Crippen LogP contribution in [0.1, 0.15) is 24.9 Å². The zero-order valence-corrected chi connectivity index (χ0v) is 11.3. The van der Waals surface area contributed by atoms with Crippen LogP contribution in [-0.4, -0.2) is 48.6 Å². The quantitative estimate of drug-likeness (QED) is 0.805. The van der Waals surface area contributed by atoms with E-state index < -0.39 is 0 Å². The van der Waals surface area contributed by atoms with Gasteiger partial charge in [-0.2, -0.15) is 0 Å². The Balaban J connectivity index is 2.01. The summed E-state index contributed by atoms with van der Waals surface area (Å²) < 4.78 is 5.35. The Morgan fingerprint density at radius 2 is 2.53 bits per heavy atom. The Bertz CT molecular complexity index is 397. The highest BCUT2D eigenvalue weighted by Gasteiger charge is 2.27. The van der Waals surface area contributed by atoms with Gasteiger partial charge in [0, 0.05) is 38.6 Å². The van der Waals surface area contributed by atoms with Crippen molar-refractivity contribution in [3.8, 4) is 0 Å². The average Bonchev–Trinajstić information content (AvgIpc) is 2.48. The molecule has 19 heavy (non-hydrogen) atoms. The molecule has 0 aliphatic carbocycles. The van der Waals surface area contributed by atoms with Gasteiger partial charge in [0.1, 0.15) is 6.61 Å². The maximum absolute atomic E-state index is 12.2. The van der Waals surface area contributed by atoms with E-state index in [9.17, 15) is 4.79 Å². The van der Waals surface area contributed by atoms with Crippen LogP contribution in [0, 0.1) is 0 Å². The number of carbonyl (C=O) groups excluding carboxylic acids is 1. The molecule has 5 heteroatoms. The zero-order valence-electron chi connectivity index (χ0n) is 11.3. The van der Waals surface area contributed by atoms with Gasteiger partial charge in [-0.25, -0.2) is 0 Å². The standard InChI is InChI=1S/C14H21N3O2/c1-2-8-19-11-14(18)17-7-6-16-10-13(17)12-4-3-5-15-9-12/h3-5,9,13,16H,2,6-8,10-11H2,1H3. The highest BCUT2D eigenvalue weighted by Crippen LogP contribution is 2.21. The van der Waals surface area contributed by atoms with E-state index >= 15 is 0 Å². The zero-order chi connectivity index (χ0) is 13.5.